The molecule has 1 heterocycles. The van der Waals surface area contributed by atoms with Gasteiger partial charge in [0, 0.05) is 13.0 Å². The van der Waals surface area contributed by atoms with E-state index in [4.69, 9.17) is 9.47 Å². The Morgan fingerprint density at radius 3 is 1.17 bits per heavy atom. The first kappa shape index (κ1) is 44.9. The highest BCUT2D eigenvalue weighted by molar-refractivity contribution is 4.93. The molecule has 2 unspecified atom stereocenters. The maximum atomic E-state index is 6.79. The first-order chi connectivity index (χ1) is 23.6. The van der Waals surface area contributed by atoms with Crippen LogP contribution in [0.4, 0.5) is 0 Å². The first-order valence-corrected chi connectivity index (χ1v) is 21.2. The standard InChI is InChI=1S/C45H83NO2/c1-6-9-11-13-15-17-19-21-23-25-27-29-31-33-35-37-39-43-44(48-45(8-3,47-43)41-42-46(4)5)40-38-36-34-32-30-28-26-24-22-20-18-16-14-12-10-7-2/h15-18,21-24,43-44H,6-14,19-20,25-42H2,1-5H3/b17-15-,18-16-,23-21-,24-22-. The Hall–Kier alpha value is -1.16. The van der Waals surface area contributed by atoms with Crippen molar-refractivity contribution in [3.8, 4) is 0 Å². The number of nitrogens with zero attached hydrogens (tertiary/aromatic N) is 1. The third-order valence-corrected chi connectivity index (χ3v) is 10.0. The number of ether oxygens (including phenoxy) is 2. The van der Waals surface area contributed by atoms with Gasteiger partial charge in [0.1, 0.15) is 0 Å². The Balaban J connectivity index is 2.22. The van der Waals surface area contributed by atoms with Crippen LogP contribution in [0.25, 0.3) is 0 Å². The molecule has 3 heteroatoms. The van der Waals surface area contributed by atoms with Gasteiger partial charge in [0.2, 0.25) is 0 Å². The number of unbranched alkanes of at least 4 members (excludes halogenated alkanes) is 18. The van der Waals surface area contributed by atoms with Crippen molar-refractivity contribution in [2.45, 2.75) is 219 Å². The second-order valence-corrected chi connectivity index (χ2v) is 14.9. The molecular formula is C45H83NO2. The van der Waals surface area contributed by atoms with Crippen LogP contribution in [-0.2, 0) is 9.47 Å². The number of rotatable bonds is 34. The predicted octanol–water partition coefficient (Wildman–Crippen LogP) is 14.2. The summed E-state index contributed by atoms with van der Waals surface area (Å²) in [5, 5.41) is 0. The zero-order valence-corrected chi connectivity index (χ0v) is 33.0. The highest BCUT2D eigenvalue weighted by Crippen LogP contribution is 2.38. The summed E-state index contributed by atoms with van der Waals surface area (Å²) in [6, 6.07) is 0. The van der Waals surface area contributed by atoms with E-state index in [2.05, 4.69) is 88.4 Å². The van der Waals surface area contributed by atoms with E-state index in [1.54, 1.807) is 0 Å². The van der Waals surface area contributed by atoms with Crippen molar-refractivity contribution in [2.75, 3.05) is 20.6 Å². The van der Waals surface area contributed by atoms with E-state index in [0.29, 0.717) is 0 Å². The molecule has 280 valence electrons. The quantitative estimate of drug-likeness (QED) is 0.0503. The van der Waals surface area contributed by atoms with Crippen molar-refractivity contribution in [3.63, 3.8) is 0 Å². The van der Waals surface area contributed by atoms with E-state index in [9.17, 15) is 0 Å². The summed E-state index contributed by atoms with van der Waals surface area (Å²) in [5.74, 6) is -0.379. The Kier molecular flexibility index (Phi) is 30.9. The number of hydrogen-bond donors (Lipinski definition) is 0. The van der Waals surface area contributed by atoms with E-state index in [1.807, 2.05) is 0 Å². The van der Waals surface area contributed by atoms with Crippen molar-refractivity contribution >= 4 is 0 Å². The van der Waals surface area contributed by atoms with Crippen molar-refractivity contribution in [3.05, 3.63) is 48.6 Å². The molecule has 0 spiro atoms. The van der Waals surface area contributed by atoms with Crippen LogP contribution in [-0.4, -0.2) is 43.5 Å². The van der Waals surface area contributed by atoms with Gasteiger partial charge in [-0.05, 0) is 97.6 Å². The lowest BCUT2D eigenvalue weighted by Crippen LogP contribution is -2.34. The Morgan fingerprint density at radius 2 is 0.812 bits per heavy atom. The van der Waals surface area contributed by atoms with Gasteiger partial charge in [-0.15, -0.1) is 0 Å². The maximum Gasteiger partial charge on any atom is 0.170 e. The predicted molar refractivity (Wildman–Crippen MR) is 214 cm³/mol. The average Bonchev–Trinajstić information content (AvgIpc) is 3.44. The second-order valence-electron chi connectivity index (χ2n) is 14.9. The van der Waals surface area contributed by atoms with Crippen LogP contribution in [0.3, 0.4) is 0 Å². The van der Waals surface area contributed by atoms with Gasteiger partial charge in [-0.25, -0.2) is 0 Å². The fraction of sp³-hybridized carbons (Fsp3) is 0.822. The number of hydrogen-bond acceptors (Lipinski definition) is 3. The molecule has 1 fully saturated rings. The molecule has 0 aliphatic carbocycles. The Bertz CT molecular complexity index is 741. The largest absolute Gasteiger partial charge is 0.344 e. The van der Waals surface area contributed by atoms with E-state index in [0.717, 1.165) is 45.1 Å². The van der Waals surface area contributed by atoms with Crippen molar-refractivity contribution in [1.82, 2.24) is 4.90 Å². The summed E-state index contributed by atoms with van der Waals surface area (Å²) in [7, 11) is 4.31. The smallest absolute Gasteiger partial charge is 0.170 e. The lowest BCUT2D eigenvalue weighted by molar-refractivity contribution is -0.184. The van der Waals surface area contributed by atoms with Crippen LogP contribution >= 0.6 is 0 Å². The molecule has 0 aromatic carbocycles. The van der Waals surface area contributed by atoms with E-state index in [1.165, 1.54) is 141 Å². The molecule has 0 N–H and O–H groups in total. The molecule has 48 heavy (non-hydrogen) atoms. The van der Waals surface area contributed by atoms with Crippen LogP contribution in [0.2, 0.25) is 0 Å². The molecule has 0 amide bonds. The molecule has 1 rings (SSSR count). The van der Waals surface area contributed by atoms with Crippen molar-refractivity contribution in [2.24, 2.45) is 0 Å². The van der Waals surface area contributed by atoms with Gasteiger partial charge in [0.15, 0.2) is 5.79 Å². The molecule has 0 saturated carbocycles. The highest BCUT2D eigenvalue weighted by atomic mass is 16.8. The summed E-state index contributed by atoms with van der Waals surface area (Å²) < 4.78 is 13.6. The molecule has 1 aliphatic heterocycles. The average molecular weight is 670 g/mol. The molecule has 1 saturated heterocycles. The summed E-state index contributed by atoms with van der Waals surface area (Å²) >= 11 is 0. The minimum atomic E-state index is -0.379. The fourth-order valence-corrected chi connectivity index (χ4v) is 6.74. The molecule has 0 radical (unpaired) electrons. The zero-order chi connectivity index (χ0) is 34.8. The van der Waals surface area contributed by atoms with E-state index < -0.39 is 0 Å². The SMILES string of the molecule is CCCCC/C=C\C/C=C\CCCCCCCCC1OC(CC)(CCN(C)C)OC1CCCCCCCC/C=C\C/C=C\CCCCC. The van der Waals surface area contributed by atoms with Gasteiger partial charge in [-0.3, -0.25) is 0 Å². The minimum absolute atomic E-state index is 0.274. The maximum absolute atomic E-state index is 6.79. The van der Waals surface area contributed by atoms with E-state index >= 15 is 0 Å². The summed E-state index contributed by atoms with van der Waals surface area (Å²) in [6.07, 6.45) is 54.8. The monoisotopic (exact) mass is 670 g/mol. The second kappa shape index (κ2) is 33.0. The molecule has 0 aromatic heterocycles. The zero-order valence-electron chi connectivity index (χ0n) is 33.0. The highest BCUT2D eigenvalue weighted by Gasteiger charge is 2.45. The van der Waals surface area contributed by atoms with E-state index in [-0.39, 0.29) is 18.0 Å². The molecule has 0 aromatic rings. The van der Waals surface area contributed by atoms with Crippen LogP contribution in [0.1, 0.15) is 201 Å². The lowest BCUT2D eigenvalue weighted by atomic mass is 9.99. The summed E-state index contributed by atoms with van der Waals surface area (Å²) in [6.45, 7) is 7.80. The normalized spacial score (nSPS) is 20.3. The van der Waals surface area contributed by atoms with Gasteiger partial charge in [0.25, 0.3) is 0 Å². The van der Waals surface area contributed by atoms with Crippen LogP contribution < -0.4 is 0 Å². The van der Waals surface area contributed by atoms with Gasteiger partial charge in [0.05, 0.1) is 12.2 Å². The Morgan fingerprint density at radius 1 is 0.458 bits per heavy atom. The lowest BCUT2D eigenvalue weighted by Gasteiger charge is -2.28. The van der Waals surface area contributed by atoms with Crippen LogP contribution in [0.5, 0.6) is 0 Å². The minimum Gasteiger partial charge on any atom is -0.344 e. The third-order valence-electron chi connectivity index (χ3n) is 10.0. The molecule has 3 nitrogen and oxygen atoms in total. The van der Waals surface area contributed by atoms with Crippen molar-refractivity contribution < 1.29 is 9.47 Å². The van der Waals surface area contributed by atoms with Gasteiger partial charge in [-0.1, -0.05) is 159 Å². The molecule has 0 bridgehead atoms. The van der Waals surface area contributed by atoms with Crippen molar-refractivity contribution in [1.29, 1.82) is 0 Å². The number of allylic oxidation sites excluding steroid dienone is 8. The molecular weight excluding hydrogens is 587 g/mol. The summed E-state index contributed by atoms with van der Waals surface area (Å²) in [4.78, 5) is 2.26. The van der Waals surface area contributed by atoms with Gasteiger partial charge >= 0.3 is 0 Å². The fourth-order valence-electron chi connectivity index (χ4n) is 6.74. The van der Waals surface area contributed by atoms with Gasteiger partial charge < -0.3 is 14.4 Å². The third kappa shape index (κ3) is 25.8. The topological polar surface area (TPSA) is 21.7 Å². The Labute approximate surface area is 301 Å². The van der Waals surface area contributed by atoms with Gasteiger partial charge in [-0.2, -0.15) is 0 Å². The molecule has 1 aliphatic rings. The summed E-state index contributed by atoms with van der Waals surface area (Å²) in [5.41, 5.74) is 0. The first-order valence-electron chi connectivity index (χ1n) is 21.2. The van der Waals surface area contributed by atoms with Crippen LogP contribution in [0, 0.1) is 0 Å². The van der Waals surface area contributed by atoms with Crippen LogP contribution in [0.15, 0.2) is 48.6 Å². The molecule has 2 atom stereocenters.